The average Bonchev–Trinajstić information content (AvgIpc) is 2.43. The highest BCUT2D eigenvalue weighted by molar-refractivity contribution is 14.1. The van der Waals surface area contributed by atoms with Crippen molar-refractivity contribution in [2.45, 2.75) is 0 Å². The molecule has 4 heteroatoms. The molecule has 0 saturated carbocycles. The lowest BCUT2D eigenvalue weighted by Crippen LogP contribution is -2.08. The number of benzene rings is 1. The quantitative estimate of drug-likeness (QED) is 0.636. The molecule has 0 aromatic heterocycles. The van der Waals surface area contributed by atoms with Crippen molar-refractivity contribution in [3.8, 4) is 0 Å². The maximum atomic E-state index is 11.7. The van der Waals surface area contributed by atoms with E-state index < -0.39 is 0 Å². The Kier molecular flexibility index (Phi) is 2.68. The summed E-state index contributed by atoms with van der Waals surface area (Å²) >= 11 is 2.25. The number of hydrogen-bond acceptors (Lipinski definition) is 2. The van der Waals surface area contributed by atoms with Crippen molar-refractivity contribution in [3.05, 3.63) is 33.5 Å². The maximum absolute atomic E-state index is 11.7. The van der Waals surface area contributed by atoms with Crippen molar-refractivity contribution in [3.63, 3.8) is 0 Å². The number of halogens is 1. The monoisotopic (exact) mass is 314 g/mol. The van der Waals surface area contributed by atoms with Crippen LogP contribution in [0.2, 0.25) is 0 Å². The van der Waals surface area contributed by atoms with E-state index in [1.165, 1.54) is 0 Å². The molecule has 1 N–H and O–H groups in total. The second-order valence-electron chi connectivity index (χ2n) is 3.62. The van der Waals surface area contributed by atoms with Gasteiger partial charge in [-0.2, -0.15) is 0 Å². The molecule has 0 atom stereocenters. The molecule has 0 aliphatic carbocycles. The van der Waals surface area contributed by atoms with Gasteiger partial charge < -0.3 is 10.2 Å². The Hall–Kier alpha value is -1.04. The van der Waals surface area contributed by atoms with Gasteiger partial charge in [0.15, 0.2) is 0 Å². The molecule has 2 rings (SSSR count). The van der Waals surface area contributed by atoms with E-state index in [1.807, 2.05) is 43.4 Å². The number of fused-ring (bicyclic) bond motifs is 1. The molecule has 0 unspecified atom stereocenters. The number of anilines is 1. The van der Waals surface area contributed by atoms with Crippen LogP contribution in [0.5, 0.6) is 0 Å². The number of amides is 1. The number of rotatable bonds is 1. The van der Waals surface area contributed by atoms with Crippen molar-refractivity contribution in [1.82, 2.24) is 4.90 Å². The van der Waals surface area contributed by atoms with Gasteiger partial charge in [0.05, 0.1) is 11.3 Å². The van der Waals surface area contributed by atoms with E-state index in [0.717, 1.165) is 20.4 Å². The molecule has 1 aromatic carbocycles. The Morgan fingerprint density at radius 1 is 1.40 bits per heavy atom. The van der Waals surface area contributed by atoms with E-state index in [9.17, 15) is 4.79 Å². The first kappa shape index (κ1) is 10.5. The van der Waals surface area contributed by atoms with Crippen LogP contribution in [0.15, 0.2) is 24.4 Å². The normalized spacial score (nSPS) is 16.5. The number of carbonyl (C=O) groups excluding carboxylic acids is 1. The predicted octanol–water partition coefficient (Wildman–Crippen LogP) is 2.15. The molecule has 1 aliphatic rings. The summed E-state index contributed by atoms with van der Waals surface area (Å²) in [5.41, 5.74) is 2.65. The SMILES string of the molecule is CN(C)C=C1C(=O)Nc2cccc(I)c21. The van der Waals surface area contributed by atoms with Gasteiger partial charge in [-0.05, 0) is 34.7 Å². The van der Waals surface area contributed by atoms with E-state index in [0.29, 0.717) is 0 Å². The maximum Gasteiger partial charge on any atom is 0.257 e. The molecule has 0 bridgehead atoms. The Bertz CT molecular complexity index is 452. The molecule has 1 heterocycles. The van der Waals surface area contributed by atoms with Crippen LogP contribution in [0, 0.1) is 3.57 Å². The fourth-order valence-electron chi connectivity index (χ4n) is 1.59. The van der Waals surface area contributed by atoms with Crippen molar-refractivity contribution in [2.24, 2.45) is 0 Å². The average molecular weight is 314 g/mol. The largest absolute Gasteiger partial charge is 0.383 e. The van der Waals surface area contributed by atoms with Crippen LogP contribution in [0.1, 0.15) is 5.56 Å². The highest BCUT2D eigenvalue weighted by Gasteiger charge is 2.26. The van der Waals surface area contributed by atoms with Gasteiger partial charge in [0.1, 0.15) is 0 Å². The van der Waals surface area contributed by atoms with E-state index in [1.54, 1.807) is 0 Å². The summed E-state index contributed by atoms with van der Waals surface area (Å²) in [5.74, 6) is -0.0252. The van der Waals surface area contributed by atoms with Crippen LogP contribution in [-0.2, 0) is 4.79 Å². The molecule has 0 saturated heterocycles. The van der Waals surface area contributed by atoms with Crippen LogP contribution < -0.4 is 5.32 Å². The molecule has 3 nitrogen and oxygen atoms in total. The fourth-order valence-corrected chi connectivity index (χ4v) is 2.38. The van der Waals surface area contributed by atoms with Gasteiger partial charge in [0, 0.05) is 29.4 Å². The summed E-state index contributed by atoms with van der Waals surface area (Å²) < 4.78 is 1.09. The van der Waals surface area contributed by atoms with Gasteiger partial charge in [-0.15, -0.1) is 0 Å². The number of carbonyl (C=O) groups is 1. The van der Waals surface area contributed by atoms with E-state index in [2.05, 4.69) is 27.9 Å². The smallest absolute Gasteiger partial charge is 0.257 e. The fraction of sp³-hybridized carbons (Fsp3) is 0.182. The number of nitrogens with zero attached hydrogens (tertiary/aromatic N) is 1. The third-order valence-corrected chi connectivity index (χ3v) is 3.06. The third-order valence-electron chi connectivity index (χ3n) is 2.16. The van der Waals surface area contributed by atoms with E-state index in [4.69, 9.17) is 0 Å². The van der Waals surface area contributed by atoms with Crippen LogP contribution in [0.3, 0.4) is 0 Å². The molecular formula is C11H11IN2O. The molecule has 0 spiro atoms. The molecule has 0 radical (unpaired) electrons. The van der Waals surface area contributed by atoms with Crippen LogP contribution in [0.4, 0.5) is 5.69 Å². The van der Waals surface area contributed by atoms with Gasteiger partial charge in [-0.1, -0.05) is 6.07 Å². The van der Waals surface area contributed by atoms with Gasteiger partial charge in [-0.3, -0.25) is 4.79 Å². The first-order valence-corrected chi connectivity index (χ1v) is 5.66. The minimum atomic E-state index is -0.0252. The second-order valence-corrected chi connectivity index (χ2v) is 4.79. The summed E-state index contributed by atoms with van der Waals surface area (Å²) in [4.78, 5) is 13.6. The minimum Gasteiger partial charge on any atom is -0.383 e. The van der Waals surface area contributed by atoms with Crippen molar-refractivity contribution >= 4 is 39.8 Å². The van der Waals surface area contributed by atoms with Crippen molar-refractivity contribution in [1.29, 1.82) is 0 Å². The Morgan fingerprint density at radius 2 is 2.13 bits per heavy atom. The molecule has 78 valence electrons. The lowest BCUT2D eigenvalue weighted by Gasteiger charge is -2.07. The highest BCUT2D eigenvalue weighted by Crippen LogP contribution is 2.35. The predicted molar refractivity (Wildman–Crippen MR) is 69.5 cm³/mol. The van der Waals surface area contributed by atoms with E-state index >= 15 is 0 Å². The number of nitrogens with one attached hydrogen (secondary N) is 1. The molecule has 1 amide bonds. The van der Waals surface area contributed by atoms with Crippen LogP contribution in [-0.4, -0.2) is 24.9 Å². The van der Waals surface area contributed by atoms with Crippen LogP contribution in [0.25, 0.3) is 5.57 Å². The summed E-state index contributed by atoms with van der Waals surface area (Å²) in [7, 11) is 3.82. The zero-order chi connectivity index (χ0) is 11.0. The zero-order valence-electron chi connectivity index (χ0n) is 8.54. The van der Waals surface area contributed by atoms with E-state index in [-0.39, 0.29) is 5.91 Å². The molecular weight excluding hydrogens is 303 g/mol. The lowest BCUT2D eigenvalue weighted by atomic mass is 10.1. The van der Waals surface area contributed by atoms with Crippen LogP contribution >= 0.6 is 22.6 Å². The third kappa shape index (κ3) is 1.86. The lowest BCUT2D eigenvalue weighted by molar-refractivity contribution is -0.110. The summed E-state index contributed by atoms with van der Waals surface area (Å²) in [6.45, 7) is 0. The minimum absolute atomic E-state index is 0.0252. The van der Waals surface area contributed by atoms with Gasteiger partial charge in [-0.25, -0.2) is 0 Å². The summed E-state index contributed by atoms with van der Waals surface area (Å²) in [6.07, 6.45) is 1.85. The highest BCUT2D eigenvalue weighted by atomic mass is 127. The second kappa shape index (κ2) is 3.84. The molecule has 0 fully saturated rings. The van der Waals surface area contributed by atoms with Crippen molar-refractivity contribution < 1.29 is 4.79 Å². The Morgan fingerprint density at radius 3 is 2.80 bits per heavy atom. The zero-order valence-corrected chi connectivity index (χ0v) is 10.7. The first-order chi connectivity index (χ1) is 7.09. The Balaban J connectivity index is 2.58. The van der Waals surface area contributed by atoms with Gasteiger partial charge >= 0.3 is 0 Å². The van der Waals surface area contributed by atoms with Crippen molar-refractivity contribution in [2.75, 3.05) is 19.4 Å². The topological polar surface area (TPSA) is 32.3 Å². The first-order valence-electron chi connectivity index (χ1n) is 4.58. The number of hydrogen-bond donors (Lipinski definition) is 1. The summed E-state index contributed by atoms with van der Waals surface area (Å²) in [6, 6.07) is 5.87. The summed E-state index contributed by atoms with van der Waals surface area (Å²) in [5, 5.41) is 2.85. The standard InChI is InChI=1S/C11H11IN2O/c1-14(2)6-7-10-8(12)4-3-5-9(10)13-11(7)15/h3-6H,1-2H3,(H,13,15). The van der Waals surface area contributed by atoms with Gasteiger partial charge in [0.2, 0.25) is 0 Å². The Labute approximate surface area is 102 Å². The van der Waals surface area contributed by atoms with Gasteiger partial charge in [0.25, 0.3) is 5.91 Å². The molecule has 15 heavy (non-hydrogen) atoms. The molecule has 1 aromatic rings. The molecule has 1 aliphatic heterocycles.